The van der Waals surface area contributed by atoms with Crippen LogP contribution in [0, 0.1) is 23.1 Å². The Bertz CT molecular complexity index is 1360. The van der Waals surface area contributed by atoms with Crippen molar-refractivity contribution in [3.05, 3.63) is 120 Å². The SMILES string of the molecule is C=C/C=C(\C=C)C(OCC1CC1)c1cccc(NC(=O)/C(=C/C(=C)C(F)(F)F)Nc2cccc(C#N)c2)c1F. The van der Waals surface area contributed by atoms with Crippen LogP contribution in [0.2, 0.25) is 0 Å². The predicted octanol–water partition coefficient (Wildman–Crippen LogP) is 7.52. The van der Waals surface area contributed by atoms with Crippen molar-refractivity contribution < 1.29 is 27.1 Å². The summed E-state index contributed by atoms with van der Waals surface area (Å²) in [6.45, 7) is 10.8. The Morgan fingerprint density at radius 2 is 1.90 bits per heavy atom. The molecule has 1 amide bonds. The Morgan fingerprint density at radius 1 is 1.18 bits per heavy atom. The molecule has 1 aliphatic rings. The first-order chi connectivity index (χ1) is 18.6. The molecule has 0 spiro atoms. The maximum Gasteiger partial charge on any atom is 0.415 e. The fraction of sp³-hybridized carbons (Fsp3) is 0.200. The number of ether oxygens (including phenoxy) is 1. The van der Waals surface area contributed by atoms with Crippen molar-refractivity contribution in [3.8, 4) is 6.07 Å². The summed E-state index contributed by atoms with van der Waals surface area (Å²) in [5.74, 6) is -1.49. The number of amides is 1. The molecule has 1 unspecified atom stereocenters. The van der Waals surface area contributed by atoms with Gasteiger partial charge in [0.05, 0.1) is 29.5 Å². The highest BCUT2D eigenvalue weighted by atomic mass is 19.4. The van der Waals surface area contributed by atoms with Crippen LogP contribution in [0.4, 0.5) is 28.9 Å². The normalized spacial score (nSPS) is 14.6. The largest absolute Gasteiger partial charge is 0.415 e. The van der Waals surface area contributed by atoms with Gasteiger partial charge in [-0.3, -0.25) is 4.79 Å². The number of nitrogens with one attached hydrogen (secondary N) is 2. The molecule has 1 fully saturated rings. The summed E-state index contributed by atoms with van der Waals surface area (Å²) in [5.41, 5.74) is -1.07. The maximum atomic E-state index is 15.7. The van der Waals surface area contributed by atoms with E-state index < -0.39 is 35.3 Å². The van der Waals surface area contributed by atoms with Gasteiger partial charge in [0.2, 0.25) is 0 Å². The first-order valence-corrected chi connectivity index (χ1v) is 12.0. The molecule has 0 bridgehead atoms. The number of hydrogen-bond donors (Lipinski definition) is 2. The highest BCUT2D eigenvalue weighted by Gasteiger charge is 2.32. The third-order valence-corrected chi connectivity index (χ3v) is 5.80. The van der Waals surface area contributed by atoms with Gasteiger partial charge in [0, 0.05) is 11.3 Å². The second-order valence-corrected chi connectivity index (χ2v) is 8.82. The molecule has 0 heterocycles. The maximum absolute atomic E-state index is 15.7. The molecule has 5 nitrogen and oxygen atoms in total. The van der Waals surface area contributed by atoms with Gasteiger partial charge in [0.15, 0.2) is 5.82 Å². The van der Waals surface area contributed by atoms with E-state index in [0.29, 0.717) is 24.2 Å². The lowest BCUT2D eigenvalue weighted by atomic mass is 9.99. The van der Waals surface area contributed by atoms with E-state index >= 15 is 4.39 Å². The predicted molar refractivity (Wildman–Crippen MR) is 143 cm³/mol. The number of alkyl halides is 3. The van der Waals surface area contributed by atoms with Crippen LogP contribution in [0.25, 0.3) is 0 Å². The lowest BCUT2D eigenvalue weighted by Gasteiger charge is -2.22. The number of carbonyl (C=O) groups excluding carboxylic acids is 1. The molecule has 0 aromatic heterocycles. The fourth-order valence-electron chi connectivity index (χ4n) is 3.56. The lowest BCUT2D eigenvalue weighted by Crippen LogP contribution is -2.22. The lowest BCUT2D eigenvalue weighted by molar-refractivity contribution is -0.112. The van der Waals surface area contributed by atoms with Crippen molar-refractivity contribution in [2.75, 3.05) is 17.2 Å². The molecule has 0 aliphatic heterocycles. The standard InChI is InChI=1S/C30H27F4N3O2/c1-4-8-22(5-2)28(39-18-20-13-14-20)24-11-7-12-25(27(24)31)37-29(38)26(15-19(3)30(32,33)34)36-23-10-6-9-21(16-23)17-35/h4-12,15-16,20,28,36H,1-3,13-14,18H2,(H,37,38)/b22-8+,26-15-. The Kier molecular flexibility index (Phi) is 9.63. The third kappa shape index (κ3) is 8.03. The van der Waals surface area contributed by atoms with Gasteiger partial charge in [0.1, 0.15) is 11.8 Å². The van der Waals surface area contributed by atoms with Gasteiger partial charge in [-0.15, -0.1) is 0 Å². The number of nitrogens with zero attached hydrogens (tertiary/aromatic N) is 1. The van der Waals surface area contributed by atoms with Crippen LogP contribution < -0.4 is 10.6 Å². The smallest absolute Gasteiger partial charge is 0.368 e. The number of carbonyl (C=O) groups is 1. The summed E-state index contributed by atoms with van der Waals surface area (Å²) in [4.78, 5) is 13.1. The first-order valence-electron chi connectivity index (χ1n) is 12.0. The van der Waals surface area contributed by atoms with Gasteiger partial charge in [-0.05, 0) is 54.7 Å². The van der Waals surface area contributed by atoms with E-state index in [9.17, 15) is 18.0 Å². The molecule has 39 heavy (non-hydrogen) atoms. The van der Waals surface area contributed by atoms with E-state index in [1.54, 1.807) is 6.08 Å². The fourth-order valence-corrected chi connectivity index (χ4v) is 3.56. The molecule has 0 saturated heterocycles. The van der Waals surface area contributed by atoms with Gasteiger partial charge >= 0.3 is 6.18 Å². The highest BCUT2D eigenvalue weighted by Crippen LogP contribution is 2.36. The van der Waals surface area contributed by atoms with Crippen LogP contribution in [0.1, 0.15) is 30.1 Å². The monoisotopic (exact) mass is 537 g/mol. The zero-order chi connectivity index (χ0) is 28.6. The summed E-state index contributed by atoms with van der Waals surface area (Å²) in [6.07, 6.45) is 1.57. The minimum atomic E-state index is -4.81. The number of nitriles is 1. The van der Waals surface area contributed by atoms with E-state index in [1.165, 1.54) is 54.6 Å². The zero-order valence-electron chi connectivity index (χ0n) is 21.0. The molecule has 3 rings (SSSR count). The molecule has 2 aromatic rings. The minimum Gasteiger partial charge on any atom is -0.368 e. The number of hydrogen-bond acceptors (Lipinski definition) is 4. The number of rotatable bonds is 12. The van der Waals surface area contributed by atoms with Crippen LogP contribution in [0.15, 0.2) is 103 Å². The van der Waals surface area contributed by atoms with E-state index in [2.05, 4.69) is 30.4 Å². The summed E-state index contributed by atoms with van der Waals surface area (Å²) in [7, 11) is 0. The van der Waals surface area contributed by atoms with Crippen molar-refractivity contribution >= 4 is 17.3 Å². The number of anilines is 2. The van der Waals surface area contributed by atoms with E-state index in [0.717, 1.165) is 12.8 Å². The first kappa shape index (κ1) is 29.1. The number of benzene rings is 2. The highest BCUT2D eigenvalue weighted by molar-refractivity contribution is 6.06. The summed E-state index contributed by atoms with van der Waals surface area (Å²) in [6, 6.07) is 12.0. The summed E-state index contributed by atoms with van der Waals surface area (Å²) >= 11 is 0. The molecular formula is C30H27F4N3O2. The molecule has 202 valence electrons. The molecular weight excluding hydrogens is 510 g/mol. The Morgan fingerprint density at radius 3 is 2.51 bits per heavy atom. The van der Waals surface area contributed by atoms with Gasteiger partial charge in [0.25, 0.3) is 5.91 Å². The second kappa shape index (κ2) is 12.9. The van der Waals surface area contributed by atoms with Crippen molar-refractivity contribution in [1.82, 2.24) is 0 Å². The molecule has 0 radical (unpaired) electrons. The quantitative estimate of drug-likeness (QED) is 0.167. The van der Waals surface area contributed by atoms with Gasteiger partial charge in [-0.25, -0.2) is 4.39 Å². The van der Waals surface area contributed by atoms with Crippen LogP contribution in [0.3, 0.4) is 0 Å². The van der Waals surface area contributed by atoms with Crippen molar-refractivity contribution in [2.24, 2.45) is 5.92 Å². The van der Waals surface area contributed by atoms with Crippen LogP contribution in [0.5, 0.6) is 0 Å². The average molecular weight is 538 g/mol. The second-order valence-electron chi connectivity index (χ2n) is 8.82. The average Bonchev–Trinajstić information content (AvgIpc) is 3.73. The topological polar surface area (TPSA) is 74.2 Å². The van der Waals surface area contributed by atoms with Gasteiger partial charge in [-0.1, -0.05) is 56.2 Å². The van der Waals surface area contributed by atoms with Gasteiger partial charge in [-0.2, -0.15) is 18.4 Å². The van der Waals surface area contributed by atoms with Crippen LogP contribution in [-0.2, 0) is 9.53 Å². The summed E-state index contributed by atoms with van der Waals surface area (Å²) in [5, 5.41) is 14.0. The van der Waals surface area contributed by atoms with Crippen LogP contribution in [-0.4, -0.2) is 18.7 Å². The number of halogens is 4. The zero-order valence-corrected chi connectivity index (χ0v) is 21.0. The number of allylic oxidation sites excluding steroid dienone is 4. The molecule has 1 aliphatic carbocycles. The Balaban J connectivity index is 1.95. The Hall–Kier alpha value is -4.42. The minimum absolute atomic E-state index is 0.112. The molecule has 2 N–H and O–H groups in total. The molecule has 9 heteroatoms. The Labute approximate surface area is 224 Å². The van der Waals surface area contributed by atoms with E-state index in [1.807, 2.05) is 6.07 Å². The van der Waals surface area contributed by atoms with E-state index in [4.69, 9.17) is 10.00 Å². The molecule has 1 atom stereocenters. The van der Waals surface area contributed by atoms with Crippen LogP contribution >= 0.6 is 0 Å². The molecule has 1 saturated carbocycles. The van der Waals surface area contributed by atoms with Crippen molar-refractivity contribution in [1.29, 1.82) is 5.26 Å². The van der Waals surface area contributed by atoms with Gasteiger partial charge < -0.3 is 15.4 Å². The third-order valence-electron chi connectivity index (χ3n) is 5.80. The summed E-state index contributed by atoms with van der Waals surface area (Å²) < 4.78 is 61.4. The van der Waals surface area contributed by atoms with E-state index in [-0.39, 0.29) is 22.5 Å². The van der Waals surface area contributed by atoms with Crippen molar-refractivity contribution in [3.63, 3.8) is 0 Å². The van der Waals surface area contributed by atoms with Crippen molar-refractivity contribution in [2.45, 2.75) is 25.1 Å². The molecule has 2 aromatic carbocycles.